The van der Waals surface area contributed by atoms with Gasteiger partial charge in [0.1, 0.15) is 6.10 Å². The van der Waals surface area contributed by atoms with E-state index in [0.29, 0.717) is 5.02 Å². The van der Waals surface area contributed by atoms with Crippen molar-refractivity contribution < 1.29 is 5.11 Å². The number of halogens is 1. The molecule has 3 heteroatoms. The van der Waals surface area contributed by atoms with Gasteiger partial charge in [-0.15, -0.1) is 0 Å². The van der Waals surface area contributed by atoms with Gasteiger partial charge in [0, 0.05) is 22.8 Å². The average molecular weight is 284 g/mol. The highest BCUT2D eigenvalue weighted by Gasteiger charge is 2.16. The number of aromatic nitrogens is 1. The molecule has 100 valence electrons. The first-order valence-corrected chi connectivity index (χ1v) is 6.82. The van der Waals surface area contributed by atoms with E-state index in [1.807, 2.05) is 49.4 Å². The number of hydrogen-bond donors (Lipinski definition) is 1. The fourth-order valence-electron chi connectivity index (χ4n) is 2.46. The molecule has 0 saturated heterocycles. The Morgan fingerprint density at radius 3 is 2.65 bits per heavy atom. The van der Waals surface area contributed by atoms with Crippen molar-refractivity contribution in [3.8, 4) is 0 Å². The summed E-state index contributed by atoms with van der Waals surface area (Å²) in [7, 11) is 0. The molecule has 0 amide bonds. The van der Waals surface area contributed by atoms with Gasteiger partial charge in [-0.05, 0) is 41.1 Å². The second kappa shape index (κ2) is 5.23. The van der Waals surface area contributed by atoms with E-state index in [0.717, 1.165) is 27.5 Å². The van der Waals surface area contributed by atoms with Crippen molar-refractivity contribution in [2.45, 2.75) is 13.0 Å². The lowest BCUT2D eigenvalue weighted by Gasteiger charge is -2.16. The van der Waals surface area contributed by atoms with Crippen molar-refractivity contribution in [1.29, 1.82) is 0 Å². The highest BCUT2D eigenvalue weighted by molar-refractivity contribution is 6.31. The SMILES string of the molecule is Cc1c(Cl)cccc1C(O)c1cccc2ccncc12. The van der Waals surface area contributed by atoms with E-state index in [1.165, 1.54) is 0 Å². The van der Waals surface area contributed by atoms with E-state index >= 15 is 0 Å². The van der Waals surface area contributed by atoms with Crippen LogP contribution in [0.25, 0.3) is 10.8 Å². The van der Waals surface area contributed by atoms with Crippen LogP contribution in [0.15, 0.2) is 54.9 Å². The van der Waals surface area contributed by atoms with Crippen LogP contribution in [0, 0.1) is 6.92 Å². The Kier molecular flexibility index (Phi) is 3.43. The molecule has 3 rings (SSSR count). The zero-order valence-corrected chi connectivity index (χ0v) is 11.8. The molecule has 1 N–H and O–H groups in total. The summed E-state index contributed by atoms with van der Waals surface area (Å²) in [4.78, 5) is 4.15. The molecule has 0 spiro atoms. The zero-order chi connectivity index (χ0) is 14.1. The molecule has 1 unspecified atom stereocenters. The van der Waals surface area contributed by atoms with E-state index in [2.05, 4.69) is 4.98 Å². The fraction of sp³-hybridized carbons (Fsp3) is 0.118. The van der Waals surface area contributed by atoms with Crippen molar-refractivity contribution in [3.05, 3.63) is 76.6 Å². The first-order valence-electron chi connectivity index (χ1n) is 6.44. The molecule has 0 saturated carbocycles. The molecule has 0 aliphatic heterocycles. The highest BCUT2D eigenvalue weighted by atomic mass is 35.5. The number of benzene rings is 2. The molecule has 2 nitrogen and oxygen atoms in total. The number of pyridine rings is 1. The largest absolute Gasteiger partial charge is 0.384 e. The quantitative estimate of drug-likeness (QED) is 0.761. The van der Waals surface area contributed by atoms with Crippen LogP contribution < -0.4 is 0 Å². The van der Waals surface area contributed by atoms with Gasteiger partial charge in [-0.3, -0.25) is 4.98 Å². The molecule has 0 aliphatic carbocycles. The van der Waals surface area contributed by atoms with Crippen LogP contribution in [0.3, 0.4) is 0 Å². The third kappa shape index (κ3) is 2.17. The second-order valence-electron chi connectivity index (χ2n) is 4.80. The van der Waals surface area contributed by atoms with E-state index in [-0.39, 0.29) is 0 Å². The maximum atomic E-state index is 10.7. The number of rotatable bonds is 2. The molecule has 0 radical (unpaired) electrons. The number of aliphatic hydroxyl groups is 1. The summed E-state index contributed by atoms with van der Waals surface area (Å²) in [5, 5.41) is 13.4. The van der Waals surface area contributed by atoms with Crippen molar-refractivity contribution in [2.24, 2.45) is 0 Å². The van der Waals surface area contributed by atoms with Gasteiger partial charge < -0.3 is 5.11 Å². The van der Waals surface area contributed by atoms with E-state index in [9.17, 15) is 5.11 Å². The third-order valence-electron chi connectivity index (χ3n) is 3.62. The Bertz CT molecular complexity index is 765. The minimum absolute atomic E-state index is 0.667. The number of nitrogens with zero attached hydrogens (tertiary/aromatic N) is 1. The third-order valence-corrected chi connectivity index (χ3v) is 4.03. The number of aliphatic hydroxyl groups excluding tert-OH is 1. The maximum Gasteiger partial charge on any atom is 0.105 e. The maximum absolute atomic E-state index is 10.7. The number of fused-ring (bicyclic) bond motifs is 1. The van der Waals surface area contributed by atoms with Crippen molar-refractivity contribution in [2.75, 3.05) is 0 Å². The van der Waals surface area contributed by atoms with Gasteiger partial charge >= 0.3 is 0 Å². The van der Waals surface area contributed by atoms with Gasteiger partial charge in [-0.2, -0.15) is 0 Å². The van der Waals surface area contributed by atoms with Crippen LogP contribution in [0.5, 0.6) is 0 Å². The highest BCUT2D eigenvalue weighted by Crippen LogP contribution is 2.32. The average Bonchev–Trinajstić information content (AvgIpc) is 2.49. The Hall–Kier alpha value is -1.90. The summed E-state index contributed by atoms with van der Waals surface area (Å²) in [6.07, 6.45) is 2.83. The smallest absolute Gasteiger partial charge is 0.105 e. The second-order valence-corrected chi connectivity index (χ2v) is 5.21. The Balaban J connectivity index is 2.18. The van der Waals surface area contributed by atoms with E-state index in [1.54, 1.807) is 12.4 Å². The van der Waals surface area contributed by atoms with Crippen molar-refractivity contribution >= 4 is 22.4 Å². The number of hydrogen-bond acceptors (Lipinski definition) is 2. The molecule has 0 fully saturated rings. The lowest BCUT2D eigenvalue weighted by Crippen LogP contribution is -2.03. The molecule has 1 atom stereocenters. The molecular weight excluding hydrogens is 270 g/mol. The Morgan fingerprint density at radius 2 is 1.80 bits per heavy atom. The van der Waals surface area contributed by atoms with Crippen molar-refractivity contribution in [3.63, 3.8) is 0 Å². The molecule has 2 aromatic carbocycles. The van der Waals surface area contributed by atoms with Crippen LogP contribution in [0.1, 0.15) is 22.8 Å². The lowest BCUT2D eigenvalue weighted by atomic mass is 9.94. The molecule has 1 heterocycles. The van der Waals surface area contributed by atoms with Crippen LogP contribution in [-0.4, -0.2) is 10.1 Å². The Morgan fingerprint density at radius 1 is 1.05 bits per heavy atom. The Labute approximate surface area is 122 Å². The van der Waals surface area contributed by atoms with Gasteiger partial charge in [0.2, 0.25) is 0 Å². The van der Waals surface area contributed by atoms with Crippen LogP contribution in [0.4, 0.5) is 0 Å². The summed E-state index contributed by atoms with van der Waals surface area (Å²) in [5.74, 6) is 0. The van der Waals surface area contributed by atoms with Gasteiger partial charge in [0.15, 0.2) is 0 Å². The van der Waals surface area contributed by atoms with Crippen molar-refractivity contribution in [1.82, 2.24) is 4.98 Å². The molecule has 1 aromatic heterocycles. The van der Waals surface area contributed by atoms with Gasteiger partial charge in [0.05, 0.1) is 0 Å². The molecule has 3 aromatic rings. The summed E-state index contributed by atoms with van der Waals surface area (Å²) in [6, 6.07) is 13.4. The molecular formula is C17H14ClNO. The predicted molar refractivity (Wildman–Crippen MR) is 82.0 cm³/mol. The zero-order valence-electron chi connectivity index (χ0n) is 11.0. The minimum atomic E-state index is -0.707. The first-order chi connectivity index (χ1) is 9.68. The molecule has 0 bridgehead atoms. The summed E-state index contributed by atoms with van der Waals surface area (Å²) in [6.45, 7) is 1.92. The first kappa shape index (κ1) is 13.1. The standard InChI is InChI=1S/C17H14ClNO/c1-11-13(5-3-7-16(11)18)17(20)14-6-2-4-12-8-9-19-10-15(12)14/h2-10,17,20H,1H3. The summed E-state index contributed by atoms with van der Waals surface area (Å²) in [5.41, 5.74) is 2.58. The van der Waals surface area contributed by atoms with Gasteiger partial charge in [0.25, 0.3) is 0 Å². The molecule has 20 heavy (non-hydrogen) atoms. The molecule has 0 aliphatic rings. The minimum Gasteiger partial charge on any atom is -0.384 e. The summed E-state index contributed by atoms with van der Waals surface area (Å²) >= 11 is 6.14. The van der Waals surface area contributed by atoms with Crippen LogP contribution >= 0.6 is 11.6 Å². The van der Waals surface area contributed by atoms with Crippen LogP contribution in [-0.2, 0) is 0 Å². The van der Waals surface area contributed by atoms with E-state index < -0.39 is 6.10 Å². The normalized spacial score (nSPS) is 12.6. The monoisotopic (exact) mass is 283 g/mol. The van der Waals surface area contributed by atoms with E-state index in [4.69, 9.17) is 11.6 Å². The van der Waals surface area contributed by atoms with Gasteiger partial charge in [-0.1, -0.05) is 41.9 Å². The predicted octanol–water partition coefficient (Wildman–Crippen LogP) is 4.28. The summed E-state index contributed by atoms with van der Waals surface area (Å²) < 4.78 is 0. The lowest BCUT2D eigenvalue weighted by molar-refractivity contribution is 0.221. The van der Waals surface area contributed by atoms with Gasteiger partial charge in [-0.25, -0.2) is 0 Å². The van der Waals surface area contributed by atoms with Crippen LogP contribution in [0.2, 0.25) is 5.02 Å². The fourth-order valence-corrected chi connectivity index (χ4v) is 2.65. The topological polar surface area (TPSA) is 33.1 Å².